The Hall–Kier alpha value is -3.49. The summed E-state index contributed by atoms with van der Waals surface area (Å²) in [4.78, 5) is 36.9. The summed E-state index contributed by atoms with van der Waals surface area (Å²) in [5.41, 5.74) is 0. The van der Waals surface area contributed by atoms with Crippen LogP contribution in [0.25, 0.3) is 0 Å². The van der Waals surface area contributed by atoms with Gasteiger partial charge in [0.2, 0.25) is 0 Å². The molecule has 56 heavy (non-hydrogen) atoms. The molecule has 0 spiro atoms. The standard InChI is InChI=1S/C48H79NO7/c1-6-8-10-12-14-16-18-19-20-21-22-23-24-25-26-27-29-30-32-34-36-38-46(50)55-43-44(42-54-41-40-45(48(52)53)49(3,4)5)56-47(51)39-37-35-33-31-28-17-15-13-11-9-7-2/h13-17,19-20,22-23,25-26,28-30,44-45H,6-12,18,21,24,27,31-43H2,1-5H3/p+1/b15-13+,16-14+,20-19+,23-22+,26-25+,28-17+,30-29+. The molecule has 0 saturated carbocycles. The number of carboxylic acids is 1. The van der Waals surface area contributed by atoms with E-state index in [1.54, 1.807) is 0 Å². The van der Waals surface area contributed by atoms with Gasteiger partial charge >= 0.3 is 17.9 Å². The number of ether oxygens (including phenoxy) is 3. The van der Waals surface area contributed by atoms with Crippen LogP contribution in [0.3, 0.4) is 0 Å². The molecule has 2 atom stereocenters. The average Bonchev–Trinajstić information content (AvgIpc) is 3.15. The number of hydrogen-bond donors (Lipinski definition) is 1. The van der Waals surface area contributed by atoms with Crippen LogP contribution >= 0.6 is 0 Å². The number of carbonyl (C=O) groups excluding carboxylic acids is 2. The Morgan fingerprint density at radius 1 is 0.554 bits per heavy atom. The van der Waals surface area contributed by atoms with Crippen LogP contribution in [0.15, 0.2) is 85.1 Å². The molecule has 318 valence electrons. The second kappa shape index (κ2) is 38.4. The fraction of sp³-hybridized carbons (Fsp3) is 0.646. The van der Waals surface area contributed by atoms with Crippen LogP contribution in [0.4, 0.5) is 0 Å². The Bertz CT molecular complexity index is 1190. The van der Waals surface area contributed by atoms with Gasteiger partial charge in [-0.05, 0) is 83.5 Å². The lowest BCUT2D eigenvalue weighted by atomic mass is 10.1. The highest BCUT2D eigenvalue weighted by atomic mass is 16.6. The lowest BCUT2D eigenvalue weighted by Crippen LogP contribution is -2.50. The zero-order valence-corrected chi connectivity index (χ0v) is 36.1. The van der Waals surface area contributed by atoms with E-state index in [9.17, 15) is 19.5 Å². The normalized spacial score (nSPS) is 13.8. The monoisotopic (exact) mass is 783 g/mol. The van der Waals surface area contributed by atoms with Crippen LogP contribution in [0, 0.1) is 0 Å². The average molecular weight is 783 g/mol. The number of aliphatic carboxylic acids is 1. The first-order valence-electron chi connectivity index (χ1n) is 21.6. The van der Waals surface area contributed by atoms with Crippen LogP contribution < -0.4 is 0 Å². The number of hydrogen-bond acceptors (Lipinski definition) is 6. The summed E-state index contributed by atoms with van der Waals surface area (Å²) in [7, 11) is 5.49. The summed E-state index contributed by atoms with van der Waals surface area (Å²) < 4.78 is 17.2. The number of esters is 2. The SMILES string of the molecule is CCCC/C=C/C=C/CCCCCC(=O)OC(COCCC(C(=O)O)[N+](C)(C)C)COC(=O)CCCC/C=C/C/C=C/C/C=C/C/C=C/C/C=C/CCCCC. The second-order valence-electron chi connectivity index (χ2n) is 15.3. The summed E-state index contributed by atoms with van der Waals surface area (Å²) in [6, 6.07) is -0.630. The Morgan fingerprint density at radius 2 is 1.02 bits per heavy atom. The van der Waals surface area contributed by atoms with Gasteiger partial charge in [0.15, 0.2) is 12.1 Å². The van der Waals surface area contributed by atoms with Crippen molar-refractivity contribution in [2.45, 2.75) is 161 Å². The highest BCUT2D eigenvalue weighted by Gasteiger charge is 2.31. The van der Waals surface area contributed by atoms with Crippen molar-refractivity contribution in [1.29, 1.82) is 0 Å². The van der Waals surface area contributed by atoms with E-state index in [1.807, 2.05) is 21.1 Å². The second-order valence-corrected chi connectivity index (χ2v) is 15.3. The molecule has 0 amide bonds. The largest absolute Gasteiger partial charge is 0.477 e. The first kappa shape index (κ1) is 52.5. The van der Waals surface area contributed by atoms with E-state index in [0.29, 0.717) is 25.7 Å². The molecule has 0 aromatic rings. The smallest absolute Gasteiger partial charge is 0.362 e. The number of quaternary nitrogens is 1. The van der Waals surface area contributed by atoms with Crippen molar-refractivity contribution in [1.82, 2.24) is 0 Å². The molecule has 8 nitrogen and oxygen atoms in total. The minimum absolute atomic E-state index is 0.0311. The molecular weight excluding hydrogens is 703 g/mol. The van der Waals surface area contributed by atoms with Crippen molar-refractivity contribution in [3.8, 4) is 0 Å². The number of allylic oxidation sites excluding steroid dienone is 14. The third-order valence-corrected chi connectivity index (χ3v) is 9.05. The Labute approximate surface area is 342 Å². The van der Waals surface area contributed by atoms with Crippen molar-refractivity contribution in [2.24, 2.45) is 0 Å². The maximum atomic E-state index is 12.7. The molecule has 0 aliphatic heterocycles. The summed E-state index contributed by atoms with van der Waals surface area (Å²) in [6.07, 6.45) is 49.2. The van der Waals surface area contributed by atoms with Gasteiger partial charge in [0, 0.05) is 19.3 Å². The van der Waals surface area contributed by atoms with E-state index < -0.39 is 18.1 Å². The lowest BCUT2D eigenvalue weighted by molar-refractivity contribution is -0.887. The molecule has 8 heteroatoms. The van der Waals surface area contributed by atoms with Crippen molar-refractivity contribution in [3.63, 3.8) is 0 Å². The van der Waals surface area contributed by atoms with Crippen molar-refractivity contribution < 1.29 is 38.2 Å². The Kier molecular flexibility index (Phi) is 36.0. The zero-order chi connectivity index (χ0) is 41.4. The highest BCUT2D eigenvalue weighted by molar-refractivity contribution is 5.72. The quantitative estimate of drug-likeness (QED) is 0.0220. The number of carbonyl (C=O) groups is 3. The van der Waals surface area contributed by atoms with Gasteiger partial charge in [-0.3, -0.25) is 9.59 Å². The topological polar surface area (TPSA) is 99.1 Å². The van der Waals surface area contributed by atoms with Crippen molar-refractivity contribution in [2.75, 3.05) is 41.0 Å². The van der Waals surface area contributed by atoms with Crippen LogP contribution in [-0.4, -0.2) is 80.6 Å². The number of carboxylic acid groups (broad SMARTS) is 1. The van der Waals surface area contributed by atoms with Gasteiger partial charge in [-0.15, -0.1) is 0 Å². The molecule has 2 unspecified atom stereocenters. The highest BCUT2D eigenvalue weighted by Crippen LogP contribution is 2.11. The van der Waals surface area contributed by atoms with E-state index in [4.69, 9.17) is 14.2 Å². The van der Waals surface area contributed by atoms with E-state index in [-0.39, 0.29) is 42.7 Å². The molecule has 0 aliphatic carbocycles. The van der Waals surface area contributed by atoms with Gasteiger partial charge in [-0.25, -0.2) is 4.79 Å². The summed E-state index contributed by atoms with van der Waals surface area (Å²) in [5.74, 6) is -1.57. The van der Waals surface area contributed by atoms with E-state index in [1.165, 1.54) is 38.5 Å². The third kappa shape index (κ3) is 36.2. The number of rotatable bonds is 37. The number of nitrogens with zero attached hydrogens (tertiary/aromatic N) is 1. The fourth-order valence-electron chi connectivity index (χ4n) is 5.61. The molecule has 1 N–H and O–H groups in total. The lowest BCUT2D eigenvalue weighted by Gasteiger charge is -2.31. The van der Waals surface area contributed by atoms with Gasteiger partial charge in [-0.2, -0.15) is 0 Å². The van der Waals surface area contributed by atoms with Gasteiger partial charge in [0.1, 0.15) is 6.61 Å². The van der Waals surface area contributed by atoms with Gasteiger partial charge in [0.25, 0.3) is 0 Å². The first-order chi connectivity index (χ1) is 27.1. The van der Waals surface area contributed by atoms with Crippen LogP contribution in [0.1, 0.15) is 149 Å². The fourth-order valence-corrected chi connectivity index (χ4v) is 5.61. The van der Waals surface area contributed by atoms with Crippen LogP contribution in [0.5, 0.6) is 0 Å². The molecule has 0 aliphatic rings. The molecule has 0 aromatic heterocycles. The molecule has 0 rings (SSSR count). The van der Waals surface area contributed by atoms with Gasteiger partial charge in [0.05, 0.1) is 34.4 Å². The number of unbranched alkanes of at least 4 members (excludes halogenated alkanes) is 10. The van der Waals surface area contributed by atoms with E-state index >= 15 is 0 Å². The molecule has 0 bridgehead atoms. The van der Waals surface area contributed by atoms with E-state index in [2.05, 4.69) is 98.9 Å². The Morgan fingerprint density at radius 3 is 1.55 bits per heavy atom. The maximum Gasteiger partial charge on any atom is 0.362 e. The first-order valence-corrected chi connectivity index (χ1v) is 21.6. The predicted molar refractivity (Wildman–Crippen MR) is 233 cm³/mol. The minimum Gasteiger partial charge on any atom is -0.477 e. The van der Waals surface area contributed by atoms with Crippen molar-refractivity contribution in [3.05, 3.63) is 85.1 Å². The molecule has 0 aromatic carbocycles. The van der Waals surface area contributed by atoms with Gasteiger partial charge in [-0.1, -0.05) is 131 Å². The molecule has 0 radical (unpaired) electrons. The third-order valence-electron chi connectivity index (χ3n) is 9.05. The molecule has 0 saturated heterocycles. The zero-order valence-electron chi connectivity index (χ0n) is 36.1. The summed E-state index contributed by atoms with van der Waals surface area (Å²) in [5, 5.41) is 9.60. The summed E-state index contributed by atoms with van der Waals surface area (Å²) in [6.45, 7) is 4.55. The predicted octanol–water partition coefficient (Wildman–Crippen LogP) is 11.7. The Balaban J connectivity index is 4.44. The van der Waals surface area contributed by atoms with Crippen LogP contribution in [0.2, 0.25) is 0 Å². The molecule has 0 fully saturated rings. The maximum absolute atomic E-state index is 12.7. The minimum atomic E-state index is -0.890. The van der Waals surface area contributed by atoms with Crippen molar-refractivity contribution >= 4 is 17.9 Å². The van der Waals surface area contributed by atoms with Crippen LogP contribution in [-0.2, 0) is 28.6 Å². The summed E-state index contributed by atoms with van der Waals surface area (Å²) >= 11 is 0. The molecule has 0 heterocycles. The molecular formula is C48H80NO7+. The number of likely N-dealkylation sites (N-methyl/N-ethyl adjacent to an activating group) is 1. The van der Waals surface area contributed by atoms with E-state index in [0.717, 1.165) is 64.2 Å². The van der Waals surface area contributed by atoms with Gasteiger partial charge < -0.3 is 23.8 Å².